The molecule has 1 fully saturated rings. The van der Waals surface area contributed by atoms with Crippen molar-refractivity contribution < 1.29 is 0 Å². The molecule has 0 radical (unpaired) electrons. The van der Waals surface area contributed by atoms with Gasteiger partial charge in [-0.05, 0) is 47.4 Å². The van der Waals surface area contributed by atoms with E-state index in [0.29, 0.717) is 0 Å². The highest BCUT2D eigenvalue weighted by molar-refractivity contribution is 9.10. The van der Waals surface area contributed by atoms with Crippen molar-refractivity contribution in [3.63, 3.8) is 0 Å². The molecule has 2 heteroatoms. The van der Waals surface area contributed by atoms with E-state index in [4.69, 9.17) is 0 Å². The molecule has 2 aromatic carbocycles. The Bertz CT molecular complexity index is 544. The second-order valence-electron chi connectivity index (χ2n) is 5.19. The summed E-state index contributed by atoms with van der Waals surface area (Å²) in [5, 5.41) is 6.29. The average molecular weight is 304 g/mol. The molecule has 2 aromatic rings. The van der Waals surface area contributed by atoms with Crippen LogP contribution in [-0.4, -0.2) is 6.04 Å². The predicted molar refractivity (Wildman–Crippen MR) is 80.7 cm³/mol. The van der Waals surface area contributed by atoms with Gasteiger partial charge in [-0.25, -0.2) is 0 Å². The summed E-state index contributed by atoms with van der Waals surface area (Å²) in [6, 6.07) is 13.9. The summed E-state index contributed by atoms with van der Waals surface area (Å²) in [6.07, 6.45) is 5.48. The van der Waals surface area contributed by atoms with Gasteiger partial charge in [0, 0.05) is 17.1 Å². The molecule has 0 bridgehead atoms. The Kier molecular flexibility index (Phi) is 3.67. The molecule has 1 saturated carbocycles. The van der Waals surface area contributed by atoms with Gasteiger partial charge in [0.1, 0.15) is 0 Å². The van der Waals surface area contributed by atoms with Crippen LogP contribution in [0.5, 0.6) is 0 Å². The van der Waals surface area contributed by atoms with Gasteiger partial charge in [-0.15, -0.1) is 0 Å². The number of hydrogen-bond acceptors (Lipinski definition) is 1. The average Bonchev–Trinajstić information content (AvgIpc) is 2.89. The predicted octanol–water partition coefficient (Wildman–Crippen LogP) is 4.63. The molecule has 18 heavy (non-hydrogen) atoms. The van der Waals surface area contributed by atoms with E-state index >= 15 is 0 Å². The zero-order valence-electron chi connectivity index (χ0n) is 10.5. The molecule has 0 saturated heterocycles. The standard InChI is InChI=1S/C16H18BrN/c17-15-8-7-13-9-12(5-6-14(13)10-15)11-18-16-3-1-2-4-16/h5-10,16,18H,1-4,11H2. The van der Waals surface area contributed by atoms with Gasteiger partial charge in [-0.1, -0.05) is 47.0 Å². The summed E-state index contributed by atoms with van der Waals surface area (Å²) >= 11 is 3.51. The third kappa shape index (κ3) is 2.76. The van der Waals surface area contributed by atoms with Crippen LogP contribution in [0, 0.1) is 0 Å². The van der Waals surface area contributed by atoms with Gasteiger partial charge in [0.15, 0.2) is 0 Å². The first-order chi connectivity index (χ1) is 8.81. The molecular weight excluding hydrogens is 286 g/mol. The Morgan fingerprint density at radius 1 is 1.00 bits per heavy atom. The third-order valence-corrected chi connectivity index (χ3v) is 4.31. The van der Waals surface area contributed by atoms with E-state index in [1.807, 2.05) is 0 Å². The number of hydrogen-bond donors (Lipinski definition) is 1. The molecule has 1 N–H and O–H groups in total. The van der Waals surface area contributed by atoms with Crippen molar-refractivity contribution in [3.8, 4) is 0 Å². The van der Waals surface area contributed by atoms with E-state index in [2.05, 4.69) is 57.6 Å². The quantitative estimate of drug-likeness (QED) is 0.871. The minimum atomic E-state index is 0.741. The third-order valence-electron chi connectivity index (χ3n) is 3.82. The molecule has 1 aliphatic carbocycles. The van der Waals surface area contributed by atoms with Gasteiger partial charge in [-0.2, -0.15) is 0 Å². The Labute approximate surface area is 117 Å². The van der Waals surface area contributed by atoms with Crippen LogP contribution in [0.3, 0.4) is 0 Å². The first-order valence-electron chi connectivity index (χ1n) is 6.73. The van der Waals surface area contributed by atoms with Gasteiger partial charge in [0.05, 0.1) is 0 Å². The molecule has 1 aliphatic rings. The van der Waals surface area contributed by atoms with Crippen LogP contribution in [0.25, 0.3) is 10.8 Å². The van der Waals surface area contributed by atoms with Crippen molar-refractivity contribution in [2.24, 2.45) is 0 Å². The van der Waals surface area contributed by atoms with Gasteiger partial charge in [0.25, 0.3) is 0 Å². The highest BCUT2D eigenvalue weighted by Crippen LogP contribution is 2.22. The van der Waals surface area contributed by atoms with Crippen LogP contribution in [0.4, 0.5) is 0 Å². The lowest BCUT2D eigenvalue weighted by molar-refractivity contribution is 0.524. The first-order valence-corrected chi connectivity index (χ1v) is 7.52. The molecule has 0 heterocycles. The molecule has 3 rings (SSSR count). The van der Waals surface area contributed by atoms with Crippen molar-refractivity contribution >= 4 is 26.7 Å². The van der Waals surface area contributed by atoms with Gasteiger partial charge >= 0.3 is 0 Å². The Morgan fingerprint density at radius 2 is 1.72 bits per heavy atom. The van der Waals surface area contributed by atoms with Gasteiger partial charge in [-0.3, -0.25) is 0 Å². The monoisotopic (exact) mass is 303 g/mol. The van der Waals surface area contributed by atoms with Crippen LogP contribution in [-0.2, 0) is 6.54 Å². The fourth-order valence-electron chi connectivity index (χ4n) is 2.77. The van der Waals surface area contributed by atoms with E-state index in [1.165, 1.54) is 42.0 Å². The second kappa shape index (κ2) is 5.41. The molecule has 0 aliphatic heterocycles. The topological polar surface area (TPSA) is 12.0 Å². The molecule has 0 aromatic heterocycles. The summed E-state index contributed by atoms with van der Waals surface area (Å²) in [6.45, 7) is 0.997. The minimum Gasteiger partial charge on any atom is -0.310 e. The fraction of sp³-hybridized carbons (Fsp3) is 0.375. The number of rotatable bonds is 3. The van der Waals surface area contributed by atoms with Crippen LogP contribution in [0.15, 0.2) is 40.9 Å². The summed E-state index contributed by atoms with van der Waals surface area (Å²) < 4.78 is 1.15. The van der Waals surface area contributed by atoms with Crippen molar-refractivity contribution in [2.45, 2.75) is 38.3 Å². The SMILES string of the molecule is Brc1ccc2cc(CNC3CCCC3)ccc2c1. The highest BCUT2D eigenvalue weighted by atomic mass is 79.9. The molecular formula is C16H18BrN. The van der Waals surface area contributed by atoms with E-state index in [-0.39, 0.29) is 0 Å². The second-order valence-corrected chi connectivity index (χ2v) is 6.10. The normalized spacial score (nSPS) is 16.5. The number of halogens is 1. The first kappa shape index (κ1) is 12.2. The Balaban J connectivity index is 1.74. The molecule has 0 atom stereocenters. The van der Waals surface area contributed by atoms with E-state index in [1.54, 1.807) is 0 Å². The summed E-state index contributed by atoms with van der Waals surface area (Å²) in [4.78, 5) is 0. The molecule has 0 spiro atoms. The number of fused-ring (bicyclic) bond motifs is 1. The van der Waals surface area contributed by atoms with Crippen molar-refractivity contribution in [2.75, 3.05) is 0 Å². The molecule has 0 unspecified atom stereocenters. The summed E-state index contributed by atoms with van der Waals surface area (Å²) in [5.74, 6) is 0. The van der Waals surface area contributed by atoms with E-state index < -0.39 is 0 Å². The van der Waals surface area contributed by atoms with Crippen LogP contribution >= 0.6 is 15.9 Å². The lowest BCUT2D eigenvalue weighted by atomic mass is 10.1. The van der Waals surface area contributed by atoms with Crippen LogP contribution in [0.2, 0.25) is 0 Å². The van der Waals surface area contributed by atoms with E-state index in [0.717, 1.165) is 17.1 Å². The van der Waals surface area contributed by atoms with Crippen molar-refractivity contribution in [3.05, 3.63) is 46.4 Å². The zero-order chi connectivity index (χ0) is 12.4. The van der Waals surface area contributed by atoms with Crippen molar-refractivity contribution in [1.29, 1.82) is 0 Å². The van der Waals surface area contributed by atoms with E-state index in [9.17, 15) is 0 Å². The summed E-state index contributed by atoms with van der Waals surface area (Å²) in [7, 11) is 0. The smallest absolute Gasteiger partial charge is 0.0208 e. The zero-order valence-corrected chi connectivity index (χ0v) is 12.0. The van der Waals surface area contributed by atoms with Crippen molar-refractivity contribution in [1.82, 2.24) is 5.32 Å². The Hall–Kier alpha value is -0.860. The Morgan fingerprint density at radius 3 is 2.56 bits per heavy atom. The highest BCUT2D eigenvalue weighted by Gasteiger charge is 2.13. The van der Waals surface area contributed by atoms with Crippen LogP contribution in [0.1, 0.15) is 31.2 Å². The minimum absolute atomic E-state index is 0.741. The molecule has 0 amide bonds. The lowest BCUT2D eigenvalue weighted by Crippen LogP contribution is -2.25. The molecule has 1 nitrogen and oxygen atoms in total. The fourth-order valence-corrected chi connectivity index (χ4v) is 3.15. The number of nitrogens with one attached hydrogen (secondary N) is 1. The maximum atomic E-state index is 3.66. The molecule has 94 valence electrons. The largest absolute Gasteiger partial charge is 0.310 e. The number of benzene rings is 2. The summed E-state index contributed by atoms with van der Waals surface area (Å²) in [5.41, 5.74) is 1.39. The maximum Gasteiger partial charge on any atom is 0.0208 e. The van der Waals surface area contributed by atoms with Gasteiger partial charge < -0.3 is 5.32 Å². The maximum absolute atomic E-state index is 3.66. The van der Waals surface area contributed by atoms with Gasteiger partial charge in [0.2, 0.25) is 0 Å². The van der Waals surface area contributed by atoms with Crippen LogP contribution < -0.4 is 5.32 Å². The lowest BCUT2D eigenvalue weighted by Gasteiger charge is -2.12.